The molecular formula is C23H22ClN3O. The molecule has 1 fully saturated rings. The molecule has 5 heteroatoms. The van der Waals surface area contributed by atoms with E-state index in [4.69, 9.17) is 11.6 Å². The first-order valence-corrected chi connectivity index (χ1v) is 10.1. The van der Waals surface area contributed by atoms with Crippen molar-refractivity contribution in [2.45, 2.75) is 6.54 Å². The molecule has 0 aromatic heterocycles. The molecule has 0 unspecified atom stereocenters. The molecule has 3 aromatic carbocycles. The molecule has 142 valence electrons. The molecule has 0 aliphatic carbocycles. The summed E-state index contributed by atoms with van der Waals surface area (Å²) in [5, 5.41) is 3.02. The predicted molar refractivity (Wildman–Crippen MR) is 114 cm³/mol. The molecule has 1 amide bonds. The first kappa shape index (κ1) is 17.7. The number of benzene rings is 3. The first-order chi connectivity index (χ1) is 13.7. The van der Waals surface area contributed by atoms with Crippen LogP contribution in [-0.2, 0) is 6.54 Å². The summed E-state index contributed by atoms with van der Waals surface area (Å²) in [6.07, 6.45) is 0. The normalized spacial score (nSPS) is 17.6. The van der Waals surface area contributed by atoms with Gasteiger partial charge in [0.1, 0.15) is 0 Å². The van der Waals surface area contributed by atoms with E-state index in [0.717, 1.165) is 59.8 Å². The average molecular weight is 392 g/mol. The lowest BCUT2D eigenvalue weighted by Gasteiger charge is -2.36. The van der Waals surface area contributed by atoms with Crippen LogP contribution in [0.3, 0.4) is 0 Å². The van der Waals surface area contributed by atoms with Crippen molar-refractivity contribution in [3.8, 4) is 0 Å². The number of anilines is 1. The molecule has 2 aliphatic rings. The molecule has 0 atom stereocenters. The number of piperazine rings is 1. The Balaban J connectivity index is 1.25. The molecule has 0 bridgehead atoms. The van der Waals surface area contributed by atoms with E-state index in [-0.39, 0.29) is 5.91 Å². The van der Waals surface area contributed by atoms with E-state index in [0.29, 0.717) is 6.67 Å². The number of rotatable bonds is 4. The van der Waals surface area contributed by atoms with E-state index >= 15 is 0 Å². The smallest absolute Gasteiger partial charge is 0.260 e. The van der Waals surface area contributed by atoms with E-state index in [2.05, 4.69) is 34.1 Å². The lowest BCUT2D eigenvalue weighted by Crippen LogP contribution is -2.50. The Morgan fingerprint density at radius 1 is 0.857 bits per heavy atom. The van der Waals surface area contributed by atoms with Gasteiger partial charge in [-0.25, -0.2) is 0 Å². The highest BCUT2D eigenvalue weighted by Crippen LogP contribution is 2.37. The number of amides is 1. The van der Waals surface area contributed by atoms with Gasteiger partial charge in [0.15, 0.2) is 0 Å². The van der Waals surface area contributed by atoms with Crippen LogP contribution >= 0.6 is 11.6 Å². The molecule has 2 aliphatic heterocycles. The van der Waals surface area contributed by atoms with Gasteiger partial charge in [-0.3, -0.25) is 19.5 Å². The van der Waals surface area contributed by atoms with Gasteiger partial charge in [-0.05, 0) is 35.2 Å². The quantitative estimate of drug-likeness (QED) is 0.666. The van der Waals surface area contributed by atoms with Crippen LogP contribution in [0.5, 0.6) is 0 Å². The summed E-state index contributed by atoms with van der Waals surface area (Å²) in [6, 6.07) is 20.2. The van der Waals surface area contributed by atoms with Gasteiger partial charge in [0, 0.05) is 48.7 Å². The van der Waals surface area contributed by atoms with Crippen LogP contribution in [0.1, 0.15) is 15.9 Å². The maximum atomic E-state index is 13.0. The van der Waals surface area contributed by atoms with Crippen molar-refractivity contribution in [2.24, 2.45) is 0 Å². The monoisotopic (exact) mass is 391 g/mol. The fourth-order valence-corrected chi connectivity index (χ4v) is 4.51. The Labute approximate surface area is 169 Å². The topological polar surface area (TPSA) is 26.8 Å². The Morgan fingerprint density at radius 3 is 2.36 bits per heavy atom. The Bertz CT molecular complexity index is 1040. The van der Waals surface area contributed by atoms with Crippen LogP contribution < -0.4 is 4.90 Å². The average Bonchev–Trinajstić information content (AvgIpc) is 2.98. The summed E-state index contributed by atoms with van der Waals surface area (Å²) in [4.78, 5) is 19.7. The molecule has 0 N–H and O–H groups in total. The zero-order valence-corrected chi connectivity index (χ0v) is 16.4. The largest absolute Gasteiger partial charge is 0.297 e. The minimum atomic E-state index is 0.119. The van der Waals surface area contributed by atoms with Gasteiger partial charge in [-0.15, -0.1) is 0 Å². The lowest BCUT2D eigenvalue weighted by atomic mass is 10.1. The summed E-state index contributed by atoms with van der Waals surface area (Å²) in [7, 11) is 0. The molecule has 1 saturated heterocycles. The van der Waals surface area contributed by atoms with Crippen molar-refractivity contribution in [1.82, 2.24) is 9.80 Å². The van der Waals surface area contributed by atoms with Crippen LogP contribution in [0.2, 0.25) is 5.02 Å². The highest BCUT2D eigenvalue weighted by Gasteiger charge is 2.31. The van der Waals surface area contributed by atoms with Gasteiger partial charge >= 0.3 is 0 Å². The van der Waals surface area contributed by atoms with Crippen LogP contribution in [0, 0.1) is 0 Å². The van der Waals surface area contributed by atoms with Crippen molar-refractivity contribution >= 4 is 34.0 Å². The first-order valence-electron chi connectivity index (χ1n) is 9.72. The Kier molecular flexibility index (Phi) is 4.55. The van der Waals surface area contributed by atoms with Gasteiger partial charge in [-0.2, -0.15) is 0 Å². The third-order valence-corrected chi connectivity index (χ3v) is 5.99. The molecule has 5 rings (SSSR count). The minimum absolute atomic E-state index is 0.119. The van der Waals surface area contributed by atoms with E-state index in [9.17, 15) is 4.79 Å². The van der Waals surface area contributed by atoms with Crippen LogP contribution in [-0.4, -0.2) is 48.6 Å². The summed E-state index contributed by atoms with van der Waals surface area (Å²) in [6.45, 7) is 5.46. The molecule has 0 radical (unpaired) electrons. The van der Waals surface area contributed by atoms with E-state index in [1.807, 2.05) is 41.3 Å². The highest BCUT2D eigenvalue weighted by atomic mass is 35.5. The number of carbonyl (C=O) groups is 1. The van der Waals surface area contributed by atoms with Gasteiger partial charge in [0.05, 0.1) is 12.4 Å². The van der Waals surface area contributed by atoms with E-state index in [1.165, 1.54) is 5.56 Å². The maximum absolute atomic E-state index is 13.0. The molecular weight excluding hydrogens is 370 g/mol. The summed E-state index contributed by atoms with van der Waals surface area (Å²) < 4.78 is 0. The second-order valence-electron chi connectivity index (χ2n) is 7.58. The summed E-state index contributed by atoms with van der Waals surface area (Å²) in [5.74, 6) is 0.119. The molecule has 28 heavy (non-hydrogen) atoms. The Hall–Kier alpha value is -2.40. The van der Waals surface area contributed by atoms with Gasteiger partial charge in [-0.1, -0.05) is 48.0 Å². The van der Waals surface area contributed by atoms with Crippen molar-refractivity contribution in [3.05, 3.63) is 76.8 Å². The van der Waals surface area contributed by atoms with Gasteiger partial charge in [0.25, 0.3) is 5.91 Å². The van der Waals surface area contributed by atoms with Crippen LogP contribution in [0.15, 0.2) is 60.7 Å². The van der Waals surface area contributed by atoms with Crippen LogP contribution in [0.25, 0.3) is 10.8 Å². The molecule has 2 heterocycles. The highest BCUT2D eigenvalue weighted by molar-refractivity contribution is 6.30. The zero-order valence-electron chi connectivity index (χ0n) is 15.6. The molecule has 3 aromatic rings. The third-order valence-electron chi connectivity index (χ3n) is 5.75. The van der Waals surface area contributed by atoms with E-state index in [1.54, 1.807) is 0 Å². The lowest BCUT2D eigenvalue weighted by molar-refractivity contribution is 0.0934. The number of carbonyl (C=O) groups excluding carboxylic acids is 1. The number of halogens is 1. The SMILES string of the molecule is O=C1c2cccc3cccc(c23)N1CN1CCN(Cc2cccc(Cl)c2)CC1. The number of nitrogens with zero attached hydrogens (tertiary/aromatic N) is 3. The second-order valence-corrected chi connectivity index (χ2v) is 8.02. The number of hydrogen-bond donors (Lipinski definition) is 0. The third kappa shape index (κ3) is 3.18. The second kappa shape index (κ2) is 7.21. The predicted octanol–water partition coefficient (Wildman–Crippen LogP) is 4.23. The molecule has 4 nitrogen and oxygen atoms in total. The maximum Gasteiger partial charge on any atom is 0.260 e. The standard InChI is InChI=1S/C23H22ClN3O/c24-19-7-1-4-17(14-19)15-25-10-12-26(13-11-25)16-27-21-9-3-6-18-5-2-8-20(22(18)21)23(27)28/h1-9,14H,10-13,15-16H2. The van der Waals surface area contributed by atoms with E-state index < -0.39 is 0 Å². The van der Waals surface area contributed by atoms with Crippen molar-refractivity contribution in [2.75, 3.05) is 37.7 Å². The van der Waals surface area contributed by atoms with Crippen molar-refractivity contribution in [1.29, 1.82) is 0 Å². The summed E-state index contributed by atoms with van der Waals surface area (Å²) >= 11 is 6.10. The molecule has 0 spiro atoms. The Morgan fingerprint density at radius 2 is 1.57 bits per heavy atom. The fraction of sp³-hybridized carbons (Fsp3) is 0.261. The minimum Gasteiger partial charge on any atom is -0.297 e. The van der Waals surface area contributed by atoms with Gasteiger partial charge in [0.2, 0.25) is 0 Å². The van der Waals surface area contributed by atoms with Crippen LogP contribution in [0.4, 0.5) is 5.69 Å². The zero-order chi connectivity index (χ0) is 19.1. The molecule has 0 saturated carbocycles. The fourth-order valence-electron chi connectivity index (χ4n) is 4.30. The van der Waals surface area contributed by atoms with Crippen molar-refractivity contribution < 1.29 is 4.79 Å². The summed E-state index contributed by atoms with van der Waals surface area (Å²) in [5.41, 5.74) is 3.12. The van der Waals surface area contributed by atoms with Crippen molar-refractivity contribution in [3.63, 3.8) is 0 Å². The van der Waals surface area contributed by atoms with Gasteiger partial charge < -0.3 is 0 Å². The number of hydrogen-bond acceptors (Lipinski definition) is 3.